The lowest BCUT2D eigenvalue weighted by molar-refractivity contribution is 0.141. The van der Waals surface area contributed by atoms with Crippen LogP contribution in [0, 0.1) is 0 Å². The number of ether oxygens (including phenoxy) is 1. The minimum absolute atomic E-state index is 0.171. The van der Waals surface area contributed by atoms with Gasteiger partial charge in [-0.1, -0.05) is 12.8 Å². The van der Waals surface area contributed by atoms with E-state index in [1.807, 2.05) is 0 Å². The first kappa shape index (κ1) is 6.70. The number of amides is 1. The quantitative estimate of drug-likeness (QED) is 0.498. The molecule has 2 N–H and O–H groups in total. The fourth-order valence-corrected chi connectivity index (χ4v) is 0.860. The number of hydrogen-bond acceptors (Lipinski definition) is 4. The van der Waals surface area contributed by atoms with Gasteiger partial charge in [-0.2, -0.15) is 0 Å². The summed E-state index contributed by atoms with van der Waals surface area (Å²) in [6.07, 6.45) is -0.580. The highest BCUT2D eigenvalue weighted by atomic mass is 32.1. The molecule has 1 fully saturated rings. The molecule has 0 saturated carbocycles. The molecule has 1 unspecified atom stereocenters. The number of carbonyl (C=O) groups excluding carboxylic acids is 1. The average Bonchev–Trinajstić information content (AvgIpc) is 2.13. The highest BCUT2D eigenvalue weighted by Crippen LogP contribution is 2.10. The van der Waals surface area contributed by atoms with Gasteiger partial charge in [0.1, 0.15) is 6.10 Å². The molecule has 5 heteroatoms. The summed E-state index contributed by atoms with van der Waals surface area (Å²) in [6, 6.07) is 0. The van der Waals surface area contributed by atoms with Gasteiger partial charge in [-0.15, -0.1) is 0 Å². The predicted octanol–water partition coefficient (Wildman–Crippen LogP) is -0.389. The molecule has 1 aliphatic rings. The second kappa shape index (κ2) is 2.45. The third-order valence-electron chi connectivity index (χ3n) is 1.12. The van der Waals surface area contributed by atoms with Gasteiger partial charge in [-0.25, -0.2) is 4.79 Å². The summed E-state index contributed by atoms with van der Waals surface area (Å²) in [4.78, 5) is 10.5. The van der Waals surface area contributed by atoms with Crippen molar-refractivity contribution in [1.82, 2.24) is 4.31 Å². The molecule has 1 amide bonds. The van der Waals surface area contributed by atoms with Crippen LogP contribution in [0.3, 0.4) is 0 Å². The number of rotatable bonds is 1. The van der Waals surface area contributed by atoms with Crippen LogP contribution in [0.4, 0.5) is 4.79 Å². The van der Waals surface area contributed by atoms with Crippen molar-refractivity contribution in [3.8, 4) is 0 Å². The van der Waals surface area contributed by atoms with Gasteiger partial charge in [0.05, 0.1) is 6.54 Å². The summed E-state index contributed by atoms with van der Waals surface area (Å²) in [7, 11) is 0. The number of nitrogens with zero attached hydrogens (tertiary/aromatic N) is 1. The number of hydrogen-bond donors (Lipinski definition) is 2. The van der Waals surface area contributed by atoms with Crippen molar-refractivity contribution in [3.05, 3.63) is 0 Å². The Balaban J connectivity index is 2.44. The minimum atomic E-state index is -0.409. The van der Waals surface area contributed by atoms with Gasteiger partial charge in [-0.05, 0) is 0 Å². The Morgan fingerprint density at radius 2 is 2.67 bits per heavy atom. The molecule has 1 atom stereocenters. The van der Waals surface area contributed by atoms with Crippen LogP contribution < -0.4 is 5.73 Å². The summed E-state index contributed by atoms with van der Waals surface area (Å²) in [6.45, 7) is 0.848. The van der Waals surface area contributed by atoms with Gasteiger partial charge < -0.3 is 10.5 Å². The molecule has 0 aromatic rings. The Kier molecular flexibility index (Phi) is 1.82. The molecule has 0 spiro atoms. The molecular formula is C4H8N2O2S. The first-order valence-corrected chi connectivity index (χ1v) is 3.01. The summed E-state index contributed by atoms with van der Waals surface area (Å²) in [5.74, 6) is 0. The Hall–Kier alpha value is -0.420. The Labute approximate surface area is 58.5 Å². The SMILES string of the molecule is NCC1CN(S)C(=O)O1. The van der Waals surface area contributed by atoms with Crippen molar-refractivity contribution in [2.45, 2.75) is 6.10 Å². The van der Waals surface area contributed by atoms with Gasteiger partial charge in [0, 0.05) is 6.54 Å². The van der Waals surface area contributed by atoms with E-state index in [0.717, 1.165) is 0 Å². The molecular weight excluding hydrogens is 140 g/mol. The maximum absolute atomic E-state index is 10.5. The van der Waals surface area contributed by atoms with Crippen LogP contribution in [-0.4, -0.2) is 29.6 Å². The lowest BCUT2D eigenvalue weighted by Crippen LogP contribution is -2.23. The monoisotopic (exact) mass is 148 g/mol. The van der Waals surface area contributed by atoms with Crippen LogP contribution in [-0.2, 0) is 4.74 Å². The van der Waals surface area contributed by atoms with E-state index in [0.29, 0.717) is 13.1 Å². The van der Waals surface area contributed by atoms with Crippen molar-refractivity contribution in [1.29, 1.82) is 0 Å². The maximum atomic E-state index is 10.5. The molecule has 0 aromatic carbocycles. The molecule has 0 radical (unpaired) electrons. The van der Waals surface area contributed by atoms with Gasteiger partial charge >= 0.3 is 6.09 Å². The molecule has 52 valence electrons. The molecule has 0 bridgehead atoms. The Morgan fingerprint density at radius 3 is 2.89 bits per heavy atom. The molecule has 1 saturated heterocycles. The van der Waals surface area contributed by atoms with Crippen molar-refractivity contribution in [2.75, 3.05) is 13.1 Å². The van der Waals surface area contributed by atoms with Crippen molar-refractivity contribution >= 4 is 18.9 Å². The lowest BCUT2D eigenvalue weighted by atomic mass is 10.4. The number of nitrogens with two attached hydrogens (primary N) is 1. The first-order valence-electron chi connectivity index (χ1n) is 2.61. The molecule has 0 aromatic heterocycles. The second-order valence-corrected chi connectivity index (χ2v) is 2.31. The maximum Gasteiger partial charge on any atom is 0.420 e. The van der Waals surface area contributed by atoms with Gasteiger partial charge in [0.25, 0.3) is 0 Å². The second-order valence-electron chi connectivity index (χ2n) is 1.82. The zero-order valence-electron chi connectivity index (χ0n) is 4.78. The lowest BCUT2D eigenvalue weighted by Gasteiger charge is -2.00. The topological polar surface area (TPSA) is 55.6 Å². The average molecular weight is 148 g/mol. The van der Waals surface area contributed by atoms with E-state index >= 15 is 0 Å². The number of cyclic esters (lactones) is 1. The molecule has 1 heterocycles. The van der Waals surface area contributed by atoms with Crippen LogP contribution in [0.1, 0.15) is 0 Å². The van der Waals surface area contributed by atoms with E-state index in [9.17, 15) is 4.79 Å². The number of carbonyl (C=O) groups is 1. The Bertz CT molecular complexity index is 130. The fourth-order valence-electron chi connectivity index (χ4n) is 0.631. The zero-order valence-corrected chi connectivity index (χ0v) is 5.67. The van der Waals surface area contributed by atoms with Crippen LogP contribution >= 0.6 is 12.8 Å². The largest absolute Gasteiger partial charge is 0.442 e. The third kappa shape index (κ3) is 1.28. The van der Waals surface area contributed by atoms with Crippen LogP contribution in [0.5, 0.6) is 0 Å². The molecule has 0 aliphatic carbocycles. The van der Waals surface area contributed by atoms with E-state index in [1.54, 1.807) is 0 Å². The zero-order chi connectivity index (χ0) is 6.85. The molecule has 1 aliphatic heterocycles. The standard InChI is InChI=1S/C4H8N2O2S/c5-1-3-2-6(9)4(7)8-3/h3,9H,1-2,5H2. The Morgan fingerprint density at radius 1 is 2.00 bits per heavy atom. The molecule has 4 nitrogen and oxygen atoms in total. The first-order chi connectivity index (χ1) is 4.24. The third-order valence-corrected chi connectivity index (χ3v) is 1.44. The summed E-state index contributed by atoms with van der Waals surface area (Å²) in [5.41, 5.74) is 5.22. The number of thiol groups is 1. The molecule has 1 rings (SSSR count). The van der Waals surface area contributed by atoms with Crippen LogP contribution in [0.2, 0.25) is 0 Å². The highest BCUT2D eigenvalue weighted by molar-refractivity contribution is 7.78. The van der Waals surface area contributed by atoms with Crippen LogP contribution in [0.25, 0.3) is 0 Å². The van der Waals surface area contributed by atoms with Gasteiger partial charge in [0.15, 0.2) is 0 Å². The van der Waals surface area contributed by atoms with Crippen LogP contribution in [0.15, 0.2) is 0 Å². The fraction of sp³-hybridized carbons (Fsp3) is 0.750. The predicted molar refractivity (Wildman–Crippen MR) is 35.0 cm³/mol. The van der Waals surface area contributed by atoms with E-state index in [2.05, 4.69) is 12.8 Å². The smallest absolute Gasteiger partial charge is 0.420 e. The van der Waals surface area contributed by atoms with Crippen molar-refractivity contribution in [3.63, 3.8) is 0 Å². The van der Waals surface area contributed by atoms with E-state index in [4.69, 9.17) is 10.5 Å². The van der Waals surface area contributed by atoms with E-state index < -0.39 is 6.09 Å². The highest BCUT2D eigenvalue weighted by Gasteiger charge is 2.27. The summed E-state index contributed by atoms with van der Waals surface area (Å²) < 4.78 is 5.91. The normalized spacial score (nSPS) is 26.7. The van der Waals surface area contributed by atoms with Gasteiger partial charge in [-0.3, -0.25) is 4.31 Å². The van der Waals surface area contributed by atoms with E-state index in [1.165, 1.54) is 4.31 Å². The van der Waals surface area contributed by atoms with Crippen molar-refractivity contribution in [2.24, 2.45) is 5.73 Å². The molecule has 9 heavy (non-hydrogen) atoms. The van der Waals surface area contributed by atoms with E-state index in [-0.39, 0.29) is 6.10 Å². The minimum Gasteiger partial charge on any atom is -0.442 e. The van der Waals surface area contributed by atoms with Gasteiger partial charge in [0.2, 0.25) is 0 Å². The summed E-state index contributed by atoms with van der Waals surface area (Å²) >= 11 is 3.80. The summed E-state index contributed by atoms with van der Waals surface area (Å²) in [5, 5.41) is 0. The van der Waals surface area contributed by atoms with Crippen molar-refractivity contribution < 1.29 is 9.53 Å².